The molecule has 0 heterocycles. The summed E-state index contributed by atoms with van der Waals surface area (Å²) >= 11 is 3.51. The first kappa shape index (κ1) is 15.0. The first-order valence-corrected chi connectivity index (χ1v) is 7.61. The van der Waals surface area contributed by atoms with Crippen LogP contribution in [0.3, 0.4) is 0 Å². The number of carbonyl (C=O) groups excluding carboxylic acids is 1. The van der Waals surface area contributed by atoms with Crippen molar-refractivity contribution in [2.24, 2.45) is 5.92 Å². The SMILES string of the molecule is CC(C)CCN(C(=O)C(C)(C)Br)C1CCCC1. The van der Waals surface area contributed by atoms with E-state index in [9.17, 15) is 4.79 Å². The van der Waals surface area contributed by atoms with Gasteiger partial charge in [0, 0.05) is 12.6 Å². The van der Waals surface area contributed by atoms with Crippen LogP contribution < -0.4 is 0 Å². The minimum atomic E-state index is -0.424. The fraction of sp³-hybridized carbons (Fsp3) is 0.929. The Kier molecular flexibility index (Phi) is 5.49. The van der Waals surface area contributed by atoms with Crippen LogP contribution in [0.5, 0.6) is 0 Å². The fourth-order valence-corrected chi connectivity index (χ4v) is 2.63. The van der Waals surface area contributed by atoms with E-state index in [4.69, 9.17) is 0 Å². The molecule has 0 aromatic carbocycles. The first-order chi connectivity index (χ1) is 7.82. The number of alkyl halides is 1. The zero-order valence-electron chi connectivity index (χ0n) is 11.6. The molecule has 1 saturated carbocycles. The molecule has 0 aliphatic heterocycles. The molecule has 2 nitrogen and oxygen atoms in total. The number of halogens is 1. The Morgan fingerprint density at radius 3 is 2.29 bits per heavy atom. The van der Waals surface area contributed by atoms with Gasteiger partial charge in [-0.1, -0.05) is 42.6 Å². The zero-order valence-corrected chi connectivity index (χ0v) is 13.2. The third-order valence-electron chi connectivity index (χ3n) is 3.48. The summed E-state index contributed by atoms with van der Waals surface area (Å²) in [4.78, 5) is 14.6. The van der Waals surface area contributed by atoms with Crippen molar-refractivity contribution in [3.63, 3.8) is 0 Å². The molecule has 0 aromatic rings. The van der Waals surface area contributed by atoms with Crippen molar-refractivity contribution in [1.82, 2.24) is 4.90 Å². The second-order valence-corrected chi connectivity index (χ2v) is 8.07. The van der Waals surface area contributed by atoms with Gasteiger partial charge in [0.25, 0.3) is 0 Å². The van der Waals surface area contributed by atoms with Crippen LogP contribution in [0.1, 0.15) is 59.8 Å². The van der Waals surface area contributed by atoms with Crippen molar-refractivity contribution in [1.29, 1.82) is 0 Å². The van der Waals surface area contributed by atoms with E-state index in [1.807, 2.05) is 13.8 Å². The van der Waals surface area contributed by atoms with Gasteiger partial charge < -0.3 is 4.90 Å². The molecular formula is C14H26BrNO. The highest BCUT2D eigenvalue weighted by molar-refractivity contribution is 9.10. The van der Waals surface area contributed by atoms with Gasteiger partial charge in [0.15, 0.2) is 0 Å². The van der Waals surface area contributed by atoms with Gasteiger partial charge in [0.2, 0.25) is 5.91 Å². The molecule has 1 rings (SSSR count). The fourth-order valence-electron chi connectivity index (χ4n) is 2.40. The van der Waals surface area contributed by atoms with Crippen molar-refractivity contribution >= 4 is 21.8 Å². The van der Waals surface area contributed by atoms with Crippen LogP contribution in [0, 0.1) is 5.92 Å². The van der Waals surface area contributed by atoms with Gasteiger partial charge in [0.1, 0.15) is 0 Å². The molecule has 0 bridgehead atoms. The molecule has 17 heavy (non-hydrogen) atoms. The van der Waals surface area contributed by atoms with E-state index in [2.05, 4.69) is 34.7 Å². The standard InChI is InChI=1S/C14H26BrNO/c1-11(2)9-10-16(12-7-5-6-8-12)13(17)14(3,4)15/h11-12H,5-10H2,1-4H3. The second kappa shape index (κ2) is 6.21. The maximum absolute atomic E-state index is 12.4. The molecule has 0 N–H and O–H groups in total. The smallest absolute Gasteiger partial charge is 0.239 e. The number of rotatable bonds is 5. The van der Waals surface area contributed by atoms with Crippen LogP contribution in [0.2, 0.25) is 0 Å². The molecule has 1 amide bonds. The molecule has 1 aliphatic carbocycles. The summed E-state index contributed by atoms with van der Waals surface area (Å²) in [7, 11) is 0. The largest absolute Gasteiger partial charge is 0.339 e. The third kappa shape index (κ3) is 4.61. The van der Waals surface area contributed by atoms with Gasteiger partial charge in [-0.05, 0) is 39.0 Å². The Morgan fingerprint density at radius 2 is 1.88 bits per heavy atom. The quantitative estimate of drug-likeness (QED) is 0.704. The van der Waals surface area contributed by atoms with Gasteiger partial charge in [0.05, 0.1) is 4.32 Å². The lowest BCUT2D eigenvalue weighted by atomic mass is 10.1. The molecule has 0 atom stereocenters. The van der Waals surface area contributed by atoms with Gasteiger partial charge in [-0.2, -0.15) is 0 Å². The van der Waals surface area contributed by atoms with Crippen LogP contribution in [0.4, 0.5) is 0 Å². The van der Waals surface area contributed by atoms with Crippen molar-refractivity contribution in [2.45, 2.75) is 70.2 Å². The summed E-state index contributed by atoms with van der Waals surface area (Å²) in [5.74, 6) is 0.912. The number of amides is 1. The molecule has 0 aromatic heterocycles. The number of hydrogen-bond donors (Lipinski definition) is 0. The Bertz CT molecular complexity index is 251. The van der Waals surface area contributed by atoms with Crippen molar-refractivity contribution in [3.05, 3.63) is 0 Å². The lowest BCUT2D eigenvalue weighted by molar-refractivity contribution is -0.135. The van der Waals surface area contributed by atoms with Gasteiger partial charge in [-0.3, -0.25) is 4.79 Å². The lowest BCUT2D eigenvalue weighted by Crippen LogP contribution is -2.47. The molecule has 0 unspecified atom stereocenters. The monoisotopic (exact) mass is 303 g/mol. The molecule has 1 aliphatic rings. The summed E-state index contributed by atoms with van der Waals surface area (Å²) in [6.07, 6.45) is 6.03. The van der Waals surface area contributed by atoms with E-state index in [-0.39, 0.29) is 5.91 Å². The number of hydrogen-bond acceptors (Lipinski definition) is 1. The first-order valence-electron chi connectivity index (χ1n) is 6.82. The van der Waals surface area contributed by atoms with E-state index in [1.54, 1.807) is 0 Å². The highest BCUT2D eigenvalue weighted by Crippen LogP contribution is 2.28. The number of nitrogens with zero attached hydrogens (tertiary/aromatic N) is 1. The van der Waals surface area contributed by atoms with E-state index < -0.39 is 4.32 Å². The van der Waals surface area contributed by atoms with Crippen LogP contribution in [0.25, 0.3) is 0 Å². The van der Waals surface area contributed by atoms with Crippen molar-refractivity contribution in [2.75, 3.05) is 6.54 Å². The molecular weight excluding hydrogens is 278 g/mol. The summed E-state index contributed by atoms with van der Waals surface area (Å²) in [6, 6.07) is 0.484. The van der Waals surface area contributed by atoms with Gasteiger partial charge in [-0.25, -0.2) is 0 Å². The Balaban J connectivity index is 2.67. The molecule has 0 spiro atoms. The highest BCUT2D eigenvalue weighted by atomic mass is 79.9. The summed E-state index contributed by atoms with van der Waals surface area (Å²) in [5.41, 5.74) is 0. The average molecular weight is 304 g/mol. The maximum atomic E-state index is 12.4. The normalized spacial score (nSPS) is 17.8. The molecule has 3 heteroatoms. The molecule has 1 fully saturated rings. The Morgan fingerprint density at radius 1 is 1.35 bits per heavy atom. The van der Waals surface area contributed by atoms with Crippen LogP contribution in [-0.2, 0) is 4.79 Å². The van der Waals surface area contributed by atoms with Crippen molar-refractivity contribution < 1.29 is 4.79 Å². The topological polar surface area (TPSA) is 20.3 Å². The summed E-state index contributed by atoms with van der Waals surface area (Å²) in [6.45, 7) is 9.25. The average Bonchev–Trinajstić information content (AvgIpc) is 2.69. The van der Waals surface area contributed by atoms with Gasteiger partial charge in [-0.15, -0.1) is 0 Å². The predicted octanol–water partition coefficient (Wildman–Crippen LogP) is 3.98. The van der Waals surface area contributed by atoms with E-state index in [0.717, 1.165) is 13.0 Å². The zero-order chi connectivity index (χ0) is 13.1. The molecule has 0 radical (unpaired) electrons. The Labute approximate surface area is 114 Å². The Hall–Kier alpha value is -0.0500. The minimum absolute atomic E-state index is 0.255. The second-order valence-electron chi connectivity index (χ2n) is 6.09. The minimum Gasteiger partial charge on any atom is -0.339 e. The van der Waals surface area contributed by atoms with E-state index in [0.29, 0.717) is 12.0 Å². The molecule has 100 valence electrons. The van der Waals surface area contributed by atoms with Crippen molar-refractivity contribution in [3.8, 4) is 0 Å². The van der Waals surface area contributed by atoms with Gasteiger partial charge >= 0.3 is 0 Å². The summed E-state index contributed by atoms with van der Waals surface area (Å²) in [5, 5.41) is 0. The van der Waals surface area contributed by atoms with Crippen LogP contribution >= 0.6 is 15.9 Å². The maximum Gasteiger partial charge on any atom is 0.239 e. The van der Waals surface area contributed by atoms with Crippen LogP contribution in [-0.4, -0.2) is 27.7 Å². The summed E-state index contributed by atoms with van der Waals surface area (Å²) < 4.78 is -0.424. The lowest BCUT2D eigenvalue weighted by Gasteiger charge is -2.34. The number of carbonyl (C=O) groups is 1. The molecule has 0 saturated heterocycles. The van der Waals surface area contributed by atoms with Crippen LogP contribution in [0.15, 0.2) is 0 Å². The highest BCUT2D eigenvalue weighted by Gasteiger charge is 2.34. The predicted molar refractivity (Wildman–Crippen MR) is 76.4 cm³/mol. The van der Waals surface area contributed by atoms with E-state index >= 15 is 0 Å². The van der Waals surface area contributed by atoms with E-state index in [1.165, 1.54) is 25.7 Å². The third-order valence-corrected chi connectivity index (χ3v) is 3.82.